The Morgan fingerprint density at radius 2 is 2.05 bits per heavy atom. The summed E-state index contributed by atoms with van der Waals surface area (Å²) in [5.74, 6) is -1.49. The second-order valence-electron chi connectivity index (χ2n) is 4.85. The number of aliphatic carboxylic acids is 1. The van der Waals surface area contributed by atoms with Crippen LogP contribution in [0.15, 0.2) is 0 Å². The first-order valence-electron chi connectivity index (χ1n) is 6.78. The molecule has 1 aliphatic heterocycles. The van der Waals surface area contributed by atoms with Crippen molar-refractivity contribution in [3.8, 4) is 0 Å². The third-order valence-electron chi connectivity index (χ3n) is 3.55. The van der Waals surface area contributed by atoms with Gasteiger partial charge in [0.25, 0.3) is 0 Å². The van der Waals surface area contributed by atoms with Crippen LogP contribution in [-0.2, 0) is 14.4 Å². The molecule has 0 aromatic carbocycles. The lowest BCUT2D eigenvalue weighted by Gasteiger charge is -2.26. The normalized spacial score (nSPS) is 19.0. The zero-order valence-electron chi connectivity index (χ0n) is 11.5. The van der Waals surface area contributed by atoms with Gasteiger partial charge in [-0.25, -0.2) is 0 Å². The monoisotopic (exact) mass is 270 g/mol. The fourth-order valence-electron chi connectivity index (χ4n) is 2.43. The molecule has 108 valence electrons. The maximum Gasteiger partial charge on any atom is 0.305 e. The van der Waals surface area contributed by atoms with Crippen molar-refractivity contribution in [2.75, 3.05) is 13.1 Å². The molecule has 1 saturated heterocycles. The summed E-state index contributed by atoms with van der Waals surface area (Å²) < 4.78 is 0. The highest BCUT2D eigenvalue weighted by Gasteiger charge is 2.36. The van der Waals surface area contributed by atoms with Crippen molar-refractivity contribution < 1.29 is 19.5 Å². The molecule has 6 nitrogen and oxygen atoms in total. The van der Waals surface area contributed by atoms with E-state index in [-0.39, 0.29) is 43.2 Å². The number of carbonyl (C=O) groups is 3. The number of carboxylic acids is 1. The van der Waals surface area contributed by atoms with Crippen molar-refractivity contribution in [1.82, 2.24) is 10.2 Å². The second kappa shape index (κ2) is 7.11. The summed E-state index contributed by atoms with van der Waals surface area (Å²) in [5.41, 5.74) is 0. The fourth-order valence-corrected chi connectivity index (χ4v) is 2.43. The van der Waals surface area contributed by atoms with E-state index in [4.69, 9.17) is 5.11 Å². The van der Waals surface area contributed by atoms with Crippen LogP contribution in [0.5, 0.6) is 0 Å². The zero-order valence-corrected chi connectivity index (χ0v) is 11.5. The van der Waals surface area contributed by atoms with Gasteiger partial charge in [0, 0.05) is 25.6 Å². The highest BCUT2D eigenvalue weighted by atomic mass is 16.4. The minimum Gasteiger partial charge on any atom is -0.481 e. The lowest BCUT2D eigenvalue weighted by atomic mass is 10.1. The molecule has 1 fully saturated rings. The SMILES string of the molecule is CCC(CC)N1CC(C(=O)NCCC(=O)O)CC1=O. The summed E-state index contributed by atoms with van der Waals surface area (Å²) in [6.45, 7) is 4.62. The molecule has 0 spiro atoms. The van der Waals surface area contributed by atoms with Gasteiger partial charge in [-0.2, -0.15) is 0 Å². The summed E-state index contributed by atoms with van der Waals surface area (Å²) in [6.07, 6.45) is 1.91. The molecule has 0 aromatic heterocycles. The molecule has 0 aromatic rings. The van der Waals surface area contributed by atoms with Crippen LogP contribution in [0.4, 0.5) is 0 Å². The minimum atomic E-state index is -0.943. The molecule has 0 saturated carbocycles. The van der Waals surface area contributed by atoms with Crippen LogP contribution in [0.1, 0.15) is 39.5 Å². The molecular formula is C13H22N2O4. The first kappa shape index (κ1) is 15.5. The van der Waals surface area contributed by atoms with Gasteiger partial charge in [0.05, 0.1) is 12.3 Å². The van der Waals surface area contributed by atoms with Gasteiger partial charge in [-0.3, -0.25) is 14.4 Å². The Balaban J connectivity index is 2.47. The lowest BCUT2D eigenvalue weighted by Crippen LogP contribution is -2.38. The summed E-state index contributed by atoms with van der Waals surface area (Å²) in [7, 11) is 0. The van der Waals surface area contributed by atoms with Gasteiger partial charge in [-0.15, -0.1) is 0 Å². The van der Waals surface area contributed by atoms with E-state index in [1.807, 2.05) is 13.8 Å². The van der Waals surface area contributed by atoms with Crippen molar-refractivity contribution in [2.24, 2.45) is 5.92 Å². The topological polar surface area (TPSA) is 86.7 Å². The number of rotatable bonds is 7. The average molecular weight is 270 g/mol. The largest absolute Gasteiger partial charge is 0.481 e. The molecule has 19 heavy (non-hydrogen) atoms. The van der Waals surface area contributed by atoms with Gasteiger partial charge in [-0.05, 0) is 12.8 Å². The van der Waals surface area contributed by atoms with Gasteiger partial charge in [0.1, 0.15) is 0 Å². The Labute approximate surface area is 113 Å². The van der Waals surface area contributed by atoms with Crippen LogP contribution in [0.3, 0.4) is 0 Å². The number of amides is 2. The number of carbonyl (C=O) groups excluding carboxylic acids is 2. The van der Waals surface area contributed by atoms with Crippen molar-refractivity contribution in [3.05, 3.63) is 0 Å². The summed E-state index contributed by atoms with van der Waals surface area (Å²) >= 11 is 0. The number of likely N-dealkylation sites (tertiary alicyclic amines) is 1. The van der Waals surface area contributed by atoms with E-state index in [9.17, 15) is 14.4 Å². The first-order chi connectivity index (χ1) is 8.99. The van der Waals surface area contributed by atoms with E-state index in [2.05, 4.69) is 5.32 Å². The van der Waals surface area contributed by atoms with Gasteiger partial charge in [0.15, 0.2) is 0 Å². The molecular weight excluding hydrogens is 248 g/mol. The van der Waals surface area contributed by atoms with Crippen molar-refractivity contribution in [1.29, 1.82) is 0 Å². The number of hydrogen-bond donors (Lipinski definition) is 2. The van der Waals surface area contributed by atoms with E-state index < -0.39 is 5.97 Å². The zero-order chi connectivity index (χ0) is 14.4. The molecule has 0 radical (unpaired) electrons. The van der Waals surface area contributed by atoms with Crippen molar-refractivity contribution in [3.63, 3.8) is 0 Å². The van der Waals surface area contributed by atoms with Crippen LogP contribution in [0.25, 0.3) is 0 Å². The molecule has 0 bridgehead atoms. The van der Waals surface area contributed by atoms with Gasteiger partial charge < -0.3 is 15.3 Å². The predicted octanol–water partition coefficient (Wildman–Crippen LogP) is 0.614. The predicted molar refractivity (Wildman–Crippen MR) is 69.5 cm³/mol. The summed E-state index contributed by atoms with van der Waals surface area (Å²) in [6, 6.07) is 0.198. The number of nitrogens with one attached hydrogen (secondary N) is 1. The lowest BCUT2D eigenvalue weighted by molar-refractivity contribution is -0.137. The van der Waals surface area contributed by atoms with Crippen molar-refractivity contribution in [2.45, 2.75) is 45.6 Å². The maximum absolute atomic E-state index is 11.9. The van der Waals surface area contributed by atoms with Crippen LogP contribution < -0.4 is 5.32 Å². The molecule has 2 amide bonds. The van der Waals surface area contributed by atoms with E-state index in [0.29, 0.717) is 6.54 Å². The molecule has 1 aliphatic rings. The number of nitrogens with zero attached hydrogens (tertiary/aromatic N) is 1. The molecule has 1 atom stereocenters. The smallest absolute Gasteiger partial charge is 0.305 e. The minimum absolute atomic E-state index is 0.0204. The number of hydrogen-bond acceptors (Lipinski definition) is 3. The third kappa shape index (κ3) is 4.22. The van der Waals surface area contributed by atoms with E-state index >= 15 is 0 Å². The Bertz CT molecular complexity index is 353. The highest BCUT2D eigenvalue weighted by molar-refractivity contribution is 5.89. The number of carboxylic acid groups (broad SMARTS) is 1. The third-order valence-corrected chi connectivity index (χ3v) is 3.55. The Morgan fingerprint density at radius 1 is 1.42 bits per heavy atom. The Kier molecular flexibility index (Phi) is 5.79. The first-order valence-corrected chi connectivity index (χ1v) is 6.78. The molecule has 1 unspecified atom stereocenters. The Morgan fingerprint density at radius 3 is 2.58 bits per heavy atom. The van der Waals surface area contributed by atoms with Crippen molar-refractivity contribution >= 4 is 17.8 Å². The molecule has 1 rings (SSSR count). The highest BCUT2D eigenvalue weighted by Crippen LogP contribution is 2.23. The molecule has 0 aliphatic carbocycles. The quantitative estimate of drug-likeness (QED) is 0.710. The van der Waals surface area contributed by atoms with Crippen LogP contribution in [0.2, 0.25) is 0 Å². The average Bonchev–Trinajstić information content (AvgIpc) is 2.73. The maximum atomic E-state index is 11.9. The van der Waals surface area contributed by atoms with E-state index in [1.165, 1.54) is 0 Å². The van der Waals surface area contributed by atoms with Crippen LogP contribution >= 0.6 is 0 Å². The molecule has 1 heterocycles. The van der Waals surface area contributed by atoms with Gasteiger partial charge in [-0.1, -0.05) is 13.8 Å². The summed E-state index contributed by atoms with van der Waals surface area (Å²) in [5, 5.41) is 11.1. The van der Waals surface area contributed by atoms with Crippen LogP contribution in [-0.4, -0.2) is 46.9 Å². The molecule has 2 N–H and O–H groups in total. The second-order valence-corrected chi connectivity index (χ2v) is 4.85. The van der Waals surface area contributed by atoms with Gasteiger partial charge >= 0.3 is 5.97 Å². The standard InChI is InChI=1S/C13H22N2O4/c1-3-10(4-2)15-8-9(7-11(15)16)13(19)14-6-5-12(17)18/h9-10H,3-8H2,1-2H3,(H,14,19)(H,17,18). The van der Waals surface area contributed by atoms with E-state index in [1.54, 1.807) is 4.90 Å². The van der Waals surface area contributed by atoms with Gasteiger partial charge in [0.2, 0.25) is 11.8 Å². The van der Waals surface area contributed by atoms with E-state index in [0.717, 1.165) is 12.8 Å². The fraction of sp³-hybridized carbons (Fsp3) is 0.769. The Hall–Kier alpha value is -1.59. The van der Waals surface area contributed by atoms with Crippen LogP contribution in [0, 0.1) is 5.92 Å². The molecule has 6 heteroatoms. The summed E-state index contributed by atoms with van der Waals surface area (Å²) in [4.78, 5) is 35.9.